The zero-order valence-electron chi connectivity index (χ0n) is 11.8. The van der Waals surface area contributed by atoms with Crippen molar-refractivity contribution in [3.8, 4) is 0 Å². The van der Waals surface area contributed by atoms with E-state index in [9.17, 15) is 8.42 Å². The molecule has 2 aromatic rings. The van der Waals surface area contributed by atoms with Crippen molar-refractivity contribution in [1.82, 2.24) is 30.7 Å². The molecule has 0 aromatic carbocycles. The number of thiophene rings is 1. The Hall–Kier alpha value is -1.36. The van der Waals surface area contributed by atoms with Crippen molar-refractivity contribution < 1.29 is 8.42 Å². The number of aromatic nitrogens is 4. The topological polar surface area (TPSA) is 113 Å². The van der Waals surface area contributed by atoms with Gasteiger partial charge in [0, 0.05) is 11.4 Å². The standard InChI is InChI=1S/C11H18N6O2S2/c1-3-6-12-7-9-4-5-10(20-9)21(18,19)15-8(2)11-13-16-17-14-11/h4-5,8,12,15H,3,6-7H2,1-2H3,(H,13,14,16,17). The number of rotatable bonds is 8. The van der Waals surface area contributed by atoms with Gasteiger partial charge >= 0.3 is 0 Å². The summed E-state index contributed by atoms with van der Waals surface area (Å²) in [4.78, 5) is 0.982. The van der Waals surface area contributed by atoms with Crippen LogP contribution in [-0.4, -0.2) is 35.6 Å². The summed E-state index contributed by atoms with van der Waals surface area (Å²) in [5.74, 6) is 0.306. The number of hydrogen-bond acceptors (Lipinski definition) is 7. The Labute approximate surface area is 127 Å². The molecule has 2 rings (SSSR count). The predicted molar refractivity (Wildman–Crippen MR) is 79.2 cm³/mol. The molecule has 1 atom stereocenters. The molecule has 0 spiro atoms. The zero-order valence-corrected chi connectivity index (χ0v) is 13.5. The first-order chi connectivity index (χ1) is 10.0. The van der Waals surface area contributed by atoms with Gasteiger partial charge in [0.2, 0.25) is 0 Å². The van der Waals surface area contributed by atoms with E-state index in [0.29, 0.717) is 12.4 Å². The molecule has 0 aliphatic carbocycles. The maximum Gasteiger partial charge on any atom is 0.250 e. The highest BCUT2D eigenvalue weighted by Crippen LogP contribution is 2.23. The normalized spacial score (nSPS) is 13.4. The molecule has 0 aliphatic rings. The fourth-order valence-corrected chi connectivity index (χ4v) is 4.23. The van der Waals surface area contributed by atoms with E-state index >= 15 is 0 Å². The molecule has 116 valence electrons. The lowest BCUT2D eigenvalue weighted by Gasteiger charge is -2.09. The summed E-state index contributed by atoms with van der Waals surface area (Å²) in [5, 5.41) is 16.5. The third kappa shape index (κ3) is 4.30. The highest BCUT2D eigenvalue weighted by Gasteiger charge is 2.22. The van der Waals surface area contributed by atoms with Crippen LogP contribution < -0.4 is 10.0 Å². The fourth-order valence-electron chi connectivity index (χ4n) is 1.68. The van der Waals surface area contributed by atoms with E-state index in [0.717, 1.165) is 17.8 Å². The zero-order chi connectivity index (χ0) is 15.3. The molecule has 10 heteroatoms. The van der Waals surface area contributed by atoms with Crippen molar-refractivity contribution in [3.63, 3.8) is 0 Å². The smallest absolute Gasteiger partial charge is 0.250 e. The Morgan fingerprint density at radius 2 is 2.24 bits per heavy atom. The molecule has 21 heavy (non-hydrogen) atoms. The van der Waals surface area contributed by atoms with Crippen LogP contribution in [0.1, 0.15) is 37.0 Å². The Morgan fingerprint density at radius 1 is 1.43 bits per heavy atom. The number of nitrogens with one attached hydrogen (secondary N) is 3. The fraction of sp³-hybridized carbons (Fsp3) is 0.545. The van der Waals surface area contributed by atoms with Gasteiger partial charge in [0.15, 0.2) is 5.82 Å². The number of hydrogen-bond donors (Lipinski definition) is 3. The van der Waals surface area contributed by atoms with E-state index < -0.39 is 16.1 Å². The van der Waals surface area contributed by atoms with Gasteiger partial charge in [-0.3, -0.25) is 0 Å². The van der Waals surface area contributed by atoms with E-state index in [2.05, 4.69) is 37.6 Å². The molecule has 0 saturated carbocycles. The Morgan fingerprint density at radius 3 is 2.90 bits per heavy atom. The van der Waals surface area contributed by atoms with Gasteiger partial charge in [-0.1, -0.05) is 12.1 Å². The first kappa shape index (κ1) is 16.0. The van der Waals surface area contributed by atoms with Crippen molar-refractivity contribution in [2.24, 2.45) is 0 Å². The van der Waals surface area contributed by atoms with Gasteiger partial charge in [-0.15, -0.1) is 21.5 Å². The Balaban J connectivity index is 2.02. The average Bonchev–Trinajstić information content (AvgIpc) is 3.10. The molecule has 0 radical (unpaired) electrons. The summed E-state index contributed by atoms with van der Waals surface area (Å²) in [6, 6.07) is 2.89. The van der Waals surface area contributed by atoms with Crippen molar-refractivity contribution in [2.45, 2.75) is 37.1 Å². The molecule has 8 nitrogen and oxygen atoms in total. The van der Waals surface area contributed by atoms with Crippen molar-refractivity contribution in [3.05, 3.63) is 22.8 Å². The monoisotopic (exact) mass is 330 g/mol. The Bertz CT molecular complexity index is 652. The average molecular weight is 330 g/mol. The third-order valence-electron chi connectivity index (χ3n) is 2.71. The lowest BCUT2D eigenvalue weighted by atomic mass is 10.4. The van der Waals surface area contributed by atoms with Gasteiger partial charge in [0.1, 0.15) is 4.21 Å². The van der Waals surface area contributed by atoms with Crippen molar-refractivity contribution >= 4 is 21.4 Å². The SMILES string of the molecule is CCCNCc1ccc(S(=O)(=O)NC(C)c2nn[nH]n2)s1. The minimum Gasteiger partial charge on any atom is -0.312 e. The summed E-state index contributed by atoms with van der Waals surface area (Å²) in [5.41, 5.74) is 0. The minimum absolute atomic E-state index is 0.283. The third-order valence-corrected chi connectivity index (χ3v) is 5.83. The van der Waals surface area contributed by atoms with Gasteiger partial charge in [-0.25, -0.2) is 8.42 Å². The quantitative estimate of drug-likeness (QED) is 0.617. The molecule has 2 heterocycles. The van der Waals surface area contributed by atoms with Crippen LogP contribution >= 0.6 is 11.3 Å². The first-order valence-electron chi connectivity index (χ1n) is 6.58. The number of nitrogens with zero attached hydrogens (tertiary/aromatic N) is 3. The molecular formula is C11H18N6O2S2. The Kier molecular flexibility index (Phi) is 5.39. The van der Waals surface area contributed by atoms with Crippen LogP contribution in [0.2, 0.25) is 0 Å². The van der Waals surface area contributed by atoms with Crippen LogP contribution in [0.4, 0.5) is 0 Å². The maximum atomic E-state index is 12.3. The van der Waals surface area contributed by atoms with E-state index in [4.69, 9.17) is 0 Å². The largest absolute Gasteiger partial charge is 0.312 e. The van der Waals surface area contributed by atoms with Crippen LogP contribution in [0.25, 0.3) is 0 Å². The summed E-state index contributed by atoms with van der Waals surface area (Å²) >= 11 is 1.25. The van der Waals surface area contributed by atoms with Crippen LogP contribution in [-0.2, 0) is 16.6 Å². The van der Waals surface area contributed by atoms with E-state index in [1.165, 1.54) is 11.3 Å². The minimum atomic E-state index is -3.58. The number of H-pyrrole nitrogens is 1. The van der Waals surface area contributed by atoms with Crippen LogP contribution in [0.15, 0.2) is 16.3 Å². The van der Waals surface area contributed by atoms with Crippen LogP contribution in [0.5, 0.6) is 0 Å². The number of tetrazole rings is 1. The summed E-state index contributed by atoms with van der Waals surface area (Å²) in [6.07, 6.45) is 1.04. The maximum absolute atomic E-state index is 12.3. The van der Waals surface area contributed by atoms with Gasteiger partial charge in [-0.05, 0) is 32.0 Å². The molecule has 0 amide bonds. The van der Waals surface area contributed by atoms with Gasteiger partial charge in [0.25, 0.3) is 10.0 Å². The molecule has 0 aliphatic heterocycles. The van der Waals surface area contributed by atoms with Crippen molar-refractivity contribution in [1.29, 1.82) is 0 Å². The van der Waals surface area contributed by atoms with E-state index in [-0.39, 0.29) is 4.21 Å². The van der Waals surface area contributed by atoms with Gasteiger partial charge in [-0.2, -0.15) is 9.94 Å². The van der Waals surface area contributed by atoms with Crippen LogP contribution in [0.3, 0.4) is 0 Å². The summed E-state index contributed by atoms with van der Waals surface area (Å²) in [6.45, 7) is 5.34. The van der Waals surface area contributed by atoms with Gasteiger partial charge in [0.05, 0.1) is 6.04 Å². The number of aromatic amines is 1. The first-order valence-corrected chi connectivity index (χ1v) is 8.88. The lowest BCUT2D eigenvalue weighted by molar-refractivity contribution is 0.562. The highest BCUT2D eigenvalue weighted by atomic mass is 32.2. The molecule has 0 fully saturated rings. The molecule has 0 bridgehead atoms. The second kappa shape index (κ2) is 7.07. The van der Waals surface area contributed by atoms with Crippen molar-refractivity contribution in [2.75, 3.05) is 6.54 Å². The lowest BCUT2D eigenvalue weighted by Crippen LogP contribution is -2.27. The molecule has 2 aromatic heterocycles. The van der Waals surface area contributed by atoms with Gasteiger partial charge < -0.3 is 5.32 Å². The second-order valence-corrected chi connectivity index (χ2v) is 7.62. The molecular weight excluding hydrogens is 312 g/mol. The molecule has 1 unspecified atom stereocenters. The predicted octanol–water partition coefficient (Wildman–Crippen LogP) is 0.800. The molecule has 3 N–H and O–H groups in total. The highest BCUT2D eigenvalue weighted by molar-refractivity contribution is 7.91. The summed E-state index contributed by atoms with van der Waals surface area (Å²) < 4.78 is 27.4. The van der Waals surface area contributed by atoms with Crippen LogP contribution in [0, 0.1) is 0 Å². The summed E-state index contributed by atoms with van der Waals surface area (Å²) in [7, 11) is -3.58. The van der Waals surface area contributed by atoms with E-state index in [1.54, 1.807) is 13.0 Å². The van der Waals surface area contributed by atoms with E-state index in [1.807, 2.05) is 6.07 Å². The second-order valence-electron chi connectivity index (χ2n) is 4.51. The number of sulfonamides is 1. The molecule has 0 saturated heterocycles.